The van der Waals surface area contributed by atoms with Gasteiger partial charge in [0.15, 0.2) is 6.23 Å². The van der Waals surface area contributed by atoms with Gasteiger partial charge in [-0.05, 0) is 12.8 Å². The van der Waals surface area contributed by atoms with E-state index in [-0.39, 0.29) is 15.4 Å². The van der Waals surface area contributed by atoms with Crippen LogP contribution in [-0.2, 0) is 4.74 Å². The molecule has 1 fully saturated rings. The smallest absolute Gasteiger partial charge is 0.289 e. The van der Waals surface area contributed by atoms with Crippen molar-refractivity contribution in [2.75, 3.05) is 6.61 Å². The molecule has 2 rings (SSSR count). The van der Waals surface area contributed by atoms with Gasteiger partial charge in [0.2, 0.25) is 0 Å². The maximum Gasteiger partial charge on any atom is 0.289 e. The van der Waals surface area contributed by atoms with Gasteiger partial charge in [-0.1, -0.05) is 23.2 Å². The van der Waals surface area contributed by atoms with Gasteiger partial charge in [0.05, 0.1) is 16.6 Å². The molecule has 4 nitrogen and oxygen atoms in total. The van der Waals surface area contributed by atoms with Crippen molar-refractivity contribution in [3.05, 3.63) is 26.6 Å². The van der Waals surface area contributed by atoms with Crippen LogP contribution < -0.4 is 5.56 Å². The van der Waals surface area contributed by atoms with E-state index >= 15 is 0 Å². The lowest BCUT2D eigenvalue weighted by atomic mass is 10.2. The number of hydrogen-bond acceptors (Lipinski definition) is 3. The molecule has 1 aliphatic heterocycles. The van der Waals surface area contributed by atoms with Gasteiger partial charge in [-0.25, -0.2) is 0 Å². The van der Waals surface area contributed by atoms with E-state index in [4.69, 9.17) is 39.5 Å². The Morgan fingerprint density at radius 2 is 2.25 bits per heavy atom. The molecule has 7 heteroatoms. The Morgan fingerprint density at radius 1 is 1.50 bits per heavy atom. The molecule has 0 bridgehead atoms. The Labute approximate surface area is 107 Å². The molecular weight excluding hydrogens is 274 g/mol. The second kappa shape index (κ2) is 4.92. The molecule has 0 aromatic carbocycles. The van der Waals surface area contributed by atoms with E-state index in [0.29, 0.717) is 6.61 Å². The summed E-state index contributed by atoms with van der Waals surface area (Å²) in [6.45, 7) is 0.558. The second-order valence-electron chi connectivity index (χ2n) is 3.48. The third-order valence-corrected chi connectivity index (χ3v) is 3.55. The fourth-order valence-electron chi connectivity index (χ4n) is 1.56. The molecule has 1 saturated heterocycles. The summed E-state index contributed by atoms with van der Waals surface area (Å²) in [5.41, 5.74) is -0.480. The predicted octanol–water partition coefficient (Wildman–Crippen LogP) is 2.47. The summed E-state index contributed by atoms with van der Waals surface area (Å²) in [4.78, 5) is 11.8. The molecule has 0 radical (unpaired) electrons. The fraction of sp³-hybridized carbons (Fsp3) is 0.556. The van der Waals surface area contributed by atoms with Gasteiger partial charge in [-0.3, -0.25) is 4.79 Å². The summed E-state index contributed by atoms with van der Waals surface area (Å²) in [6, 6.07) is 0. The number of ether oxygens (including phenoxy) is 1. The highest BCUT2D eigenvalue weighted by molar-refractivity contribution is 6.41. The quantitative estimate of drug-likeness (QED) is 0.744. The first-order chi connectivity index (χ1) is 7.61. The van der Waals surface area contributed by atoms with Crippen molar-refractivity contribution in [2.45, 2.75) is 24.4 Å². The van der Waals surface area contributed by atoms with Gasteiger partial charge >= 0.3 is 0 Å². The predicted molar refractivity (Wildman–Crippen MR) is 62.4 cm³/mol. The van der Waals surface area contributed by atoms with Crippen molar-refractivity contribution in [1.29, 1.82) is 0 Å². The van der Waals surface area contributed by atoms with Gasteiger partial charge in [0.1, 0.15) is 5.02 Å². The van der Waals surface area contributed by atoms with Crippen LogP contribution >= 0.6 is 34.8 Å². The molecule has 2 atom stereocenters. The van der Waals surface area contributed by atoms with Crippen LogP contribution in [0.4, 0.5) is 0 Å². The number of hydrogen-bond donors (Lipinski definition) is 0. The molecule has 2 unspecified atom stereocenters. The number of halogens is 3. The lowest BCUT2D eigenvalue weighted by molar-refractivity contribution is -0.0389. The molecule has 0 N–H and O–H groups in total. The Hall–Kier alpha value is -0.290. The highest BCUT2D eigenvalue weighted by Gasteiger charge is 2.28. The van der Waals surface area contributed by atoms with E-state index in [1.165, 1.54) is 6.20 Å². The highest BCUT2D eigenvalue weighted by Crippen LogP contribution is 2.27. The Kier molecular flexibility index (Phi) is 3.74. The zero-order valence-corrected chi connectivity index (χ0v) is 10.5. The van der Waals surface area contributed by atoms with Gasteiger partial charge in [-0.2, -0.15) is 9.78 Å². The van der Waals surface area contributed by atoms with E-state index in [1.54, 1.807) is 0 Å². The van der Waals surface area contributed by atoms with Crippen LogP contribution in [-0.4, -0.2) is 21.8 Å². The monoisotopic (exact) mass is 282 g/mol. The highest BCUT2D eigenvalue weighted by atomic mass is 35.5. The van der Waals surface area contributed by atoms with Gasteiger partial charge in [0.25, 0.3) is 5.56 Å². The standard InChI is InChI=1S/C9H9Cl3N2O2/c10-5-2-1-3-16-9(5)14-8(15)7(12)6(11)4-13-14/h4-5,9H,1-3H2. The van der Waals surface area contributed by atoms with Crippen LogP contribution in [0.1, 0.15) is 19.1 Å². The molecule has 1 aromatic rings. The number of aromatic nitrogens is 2. The van der Waals surface area contributed by atoms with E-state index in [0.717, 1.165) is 17.5 Å². The first-order valence-electron chi connectivity index (χ1n) is 4.79. The second-order valence-corrected chi connectivity index (χ2v) is 4.82. The maximum absolute atomic E-state index is 11.8. The molecule has 0 spiro atoms. The average Bonchev–Trinajstić information content (AvgIpc) is 2.28. The van der Waals surface area contributed by atoms with Crippen LogP contribution in [0.15, 0.2) is 11.0 Å². The number of nitrogens with zero attached hydrogens (tertiary/aromatic N) is 2. The van der Waals surface area contributed by atoms with E-state index in [2.05, 4.69) is 5.10 Å². The van der Waals surface area contributed by atoms with Gasteiger partial charge in [-0.15, -0.1) is 11.6 Å². The van der Waals surface area contributed by atoms with Crippen LogP contribution in [0.2, 0.25) is 10.0 Å². The van der Waals surface area contributed by atoms with E-state index in [1.807, 2.05) is 0 Å². The lowest BCUT2D eigenvalue weighted by Gasteiger charge is -2.27. The summed E-state index contributed by atoms with van der Waals surface area (Å²) >= 11 is 17.5. The Morgan fingerprint density at radius 3 is 2.94 bits per heavy atom. The zero-order valence-electron chi connectivity index (χ0n) is 8.20. The molecule has 0 amide bonds. The minimum atomic E-state index is -0.572. The lowest BCUT2D eigenvalue weighted by Crippen LogP contribution is -2.36. The molecule has 0 aliphatic carbocycles. The molecule has 1 aromatic heterocycles. The van der Waals surface area contributed by atoms with Crippen molar-refractivity contribution in [3.63, 3.8) is 0 Å². The molecular formula is C9H9Cl3N2O2. The first-order valence-corrected chi connectivity index (χ1v) is 5.99. The molecule has 88 valence electrons. The van der Waals surface area contributed by atoms with Crippen molar-refractivity contribution in [2.24, 2.45) is 0 Å². The third-order valence-electron chi connectivity index (χ3n) is 2.36. The van der Waals surface area contributed by atoms with Crippen molar-refractivity contribution < 1.29 is 4.74 Å². The van der Waals surface area contributed by atoms with Gasteiger partial charge in [0, 0.05) is 6.61 Å². The summed E-state index contributed by atoms with van der Waals surface area (Å²) in [5.74, 6) is 0. The summed E-state index contributed by atoms with van der Waals surface area (Å²) in [5, 5.41) is 3.68. The SMILES string of the molecule is O=c1c(Cl)c(Cl)cnn1C1OCCCC1Cl. The van der Waals surface area contributed by atoms with Crippen molar-refractivity contribution >= 4 is 34.8 Å². The minimum absolute atomic E-state index is 0.0605. The van der Waals surface area contributed by atoms with Crippen LogP contribution in [0.3, 0.4) is 0 Å². The Bertz CT molecular complexity index is 449. The van der Waals surface area contributed by atoms with Crippen molar-refractivity contribution in [1.82, 2.24) is 9.78 Å². The summed E-state index contributed by atoms with van der Waals surface area (Å²) in [6.07, 6.45) is 2.39. The normalized spacial score (nSPS) is 25.7. The maximum atomic E-state index is 11.8. The first kappa shape index (κ1) is 12.2. The van der Waals surface area contributed by atoms with Crippen molar-refractivity contribution in [3.8, 4) is 0 Å². The molecule has 0 saturated carbocycles. The minimum Gasteiger partial charge on any atom is -0.355 e. The van der Waals surface area contributed by atoms with Crippen LogP contribution in [0.5, 0.6) is 0 Å². The van der Waals surface area contributed by atoms with Gasteiger partial charge < -0.3 is 4.74 Å². The summed E-state index contributed by atoms with van der Waals surface area (Å²) in [7, 11) is 0. The number of alkyl halides is 1. The molecule has 16 heavy (non-hydrogen) atoms. The third kappa shape index (κ3) is 2.20. The fourth-order valence-corrected chi connectivity index (χ4v) is 2.15. The van der Waals surface area contributed by atoms with E-state index in [9.17, 15) is 4.79 Å². The van der Waals surface area contributed by atoms with Crippen LogP contribution in [0, 0.1) is 0 Å². The Balaban J connectivity index is 2.40. The zero-order chi connectivity index (χ0) is 11.7. The molecule has 2 heterocycles. The number of rotatable bonds is 1. The van der Waals surface area contributed by atoms with Crippen LogP contribution in [0.25, 0.3) is 0 Å². The largest absolute Gasteiger partial charge is 0.355 e. The topological polar surface area (TPSA) is 44.1 Å². The summed E-state index contributed by atoms with van der Waals surface area (Å²) < 4.78 is 6.56. The van der Waals surface area contributed by atoms with E-state index < -0.39 is 11.8 Å². The molecule has 1 aliphatic rings. The average molecular weight is 284 g/mol.